The molecule has 4 rings (SSSR count). The largest absolute Gasteiger partial charge is 0.273 e. The SMILES string of the molecule is Cc1ccc(-n2c(SCc3ccccc3)nnc2C(C)NS(=O)(=O)c2ccc(C(C)(C)C)cc2)cc1. The van der Waals surface area contributed by atoms with Crippen molar-refractivity contribution in [2.24, 2.45) is 0 Å². The average Bonchev–Trinajstić information content (AvgIpc) is 3.27. The Morgan fingerprint density at radius 3 is 2.17 bits per heavy atom. The molecule has 0 radical (unpaired) electrons. The molecule has 3 aromatic carbocycles. The maximum atomic E-state index is 13.2. The lowest BCUT2D eigenvalue weighted by Gasteiger charge is -2.20. The van der Waals surface area contributed by atoms with Crippen LogP contribution in [0.3, 0.4) is 0 Å². The molecule has 0 aliphatic carbocycles. The number of hydrogen-bond acceptors (Lipinski definition) is 5. The number of aromatic nitrogens is 3. The highest BCUT2D eigenvalue weighted by Gasteiger charge is 2.25. The highest BCUT2D eigenvalue weighted by Crippen LogP contribution is 2.29. The van der Waals surface area contributed by atoms with E-state index >= 15 is 0 Å². The monoisotopic (exact) mass is 520 g/mol. The van der Waals surface area contributed by atoms with Gasteiger partial charge < -0.3 is 0 Å². The lowest BCUT2D eigenvalue weighted by Crippen LogP contribution is -2.29. The van der Waals surface area contributed by atoms with Crippen molar-refractivity contribution in [3.05, 3.63) is 101 Å². The van der Waals surface area contributed by atoms with Crippen LogP contribution in [0.1, 0.15) is 56.3 Å². The number of hydrogen-bond donors (Lipinski definition) is 1. The summed E-state index contributed by atoms with van der Waals surface area (Å²) in [5.41, 5.74) is 4.22. The molecule has 1 N–H and O–H groups in total. The van der Waals surface area contributed by atoms with E-state index in [1.165, 1.54) is 5.56 Å². The molecule has 1 unspecified atom stereocenters. The summed E-state index contributed by atoms with van der Waals surface area (Å²) in [6.45, 7) is 10.1. The summed E-state index contributed by atoms with van der Waals surface area (Å²) in [6, 6.07) is 24.7. The summed E-state index contributed by atoms with van der Waals surface area (Å²) in [4.78, 5) is 0.224. The molecule has 0 saturated heterocycles. The van der Waals surface area contributed by atoms with Gasteiger partial charge in [-0.15, -0.1) is 10.2 Å². The number of sulfonamides is 1. The van der Waals surface area contributed by atoms with Crippen LogP contribution in [-0.4, -0.2) is 23.2 Å². The predicted octanol–water partition coefficient (Wildman–Crippen LogP) is 6.21. The van der Waals surface area contributed by atoms with Crippen LogP contribution in [0.5, 0.6) is 0 Å². The van der Waals surface area contributed by atoms with E-state index in [1.807, 2.05) is 66.1 Å². The zero-order chi connectivity index (χ0) is 25.9. The molecular weight excluding hydrogens is 488 g/mol. The summed E-state index contributed by atoms with van der Waals surface area (Å²) in [5.74, 6) is 1.26. The van der Waals surface area contributed by atoms with Crippen LogP contribution in [0, 0.1) is 6.92 Å². The first-order valence-electron chi connectivity index (χ1n) is 11.9. The summed E-state index contributed by atoms with van der Waals surface area (Å²) in [7, 11) is -3.76. The van der Waals surface area contributed by atoms with Crippen molar-refractivity contribution in [1.29, 1.82) is 0 Å². The van der Waals surface area contributed by atoms with Gasteiger partial charge in [-0.3, -0.25) is 4.57 Å². The zero-order valence-corrected chi connectivity index (χ0v) is 22.9. The second-order valence-electron chi connectivity index (χ2n) is 9.90. The Kier molecular flexibility index (Phi) is 7.68. The van der Waals surface area contributed by atoms with E-state index in [2.05, 4.69) is 47.8 Å². The number of nitrogens with one attached hydrogen (secondary N) is 1. The molecule has 0 fully saturated rings. The predicted molar refractivity (Wildman–Crippen MR) is 146 cm³/mol. The van der Waals surface area contributed by atoms with Gasteiger partial charge in [0.2, 0.25) is 10.0 Å². The van der Waals surface area contributed by atoms with Crippen LogP contribution in [0.25, 0.3) is 5.69 Å². The van der Waals surface area contributed by atoms with Gasteiger partial charge >= 0.3 is 0 Å². The number of benzene rings is 3. The van der Waals surface area contributed by atoms with Crippen LogP contribution in [0.4, 0.5) is 0 Å². The molecule has 1 heterocycles. The Morgan fingerprint density at radius 2 is 1.56 bits per heavy atom. The van der Waals surface area contributed by atoms with Crippen molar-refractivity contribution in [3.63, 3.8) is 0 Å². The van der Waals surface area contributed by atoms with Crippen molar-refractivity contribution < 1.29 is 8.42 Å². The van der Waals surface area contributed by atoms with Gasteiger partial charge in [-0.25, -0.2) is 13.1 Å². The minimum Gasteiger partial charge on any atom is -0.273 e. The normalized spacial score (nSPS) is 13.0. The third kappa shape index (κ3) is 6.06. The van der Waals surface area contributed by atoms with E-state index in [-0.39, 0.29) is 10.3 Å². The van der Waals surface area contributed by atoms with Gasteiger partial charge in [0, 0.05) is 11.4 Å². The summed E-state index contributed by atoms with van der Waals surface area (Å²) < 4.78 is 31.2. The number of nitrogens with zero attached hydrogens (tertiary/aromatic N) is 3. The Bertz CT molecular complexity index is 1410. The maximum absolute atomic E-state index is 13.2. The molecular formula is C28H32N4O2S2. The van der Waals surface area contributed by atoms with Gasteiger partial charge in [-0.05, 0) is 54.7 Å². The van der Waals surface area contributed by atoms with E-state index in [0.717, 1.165) is 22.6 Å². The molecule has 0 aliphatic heterocycles. The molecule has 4 aromatic rings. The van der Waals surface area contributed by atoms with Crippen LogP contribution < -0.4 is 4.72 Å². The van der Waals surface area contributed by atoms with Gasteiger partial charge in [0.25, 0.3) is 0 Å². The molecule has 188 valence electrons. The highest BCUT2D eigenvalue weighted by molar-refractivity contribution is 7.98. The van der Waals surface area contributed by atoms with Gasteiger partial charge in [-0.2, -0.15) is 0 Å². The first-order valence-corrected chi connectivity index (χ1v) is 14.3. The second-order valence-corrected chi connectivity index (χ2v) is 12.6. The van der Waals surface area contributed by atoms with Gasteiger partial charge in [-0.1, -0.05) is 92.7 Å². The van der Waals surface area contributed by atoms with E-state index in [4.69, 9.17) is 0 Å². The lowest BCUT2D eigenvalue weighted by atomic mass is 9.87. The second kappa shape index (κ2) is 10.6. The summed E-state index contributed by atoms with van der Waals surface area (Å²) in [5, 5.41) is 9.56. The number of aryl methyl sites for hydroxylation is 1. The number of thioether (sulfide) groups is 1. The van der Waals surface area contributed by atoms with Crippen LogP contribution in [0.15, 0.2) is 88.9 Å². The molecule has 0 aliphatic rings. The Morgan fingerprint density at radius 1 is 0.917 bits per heavy atom. The standard InChI is InChI=1S/C28H32N4O2S2/c1-20-11-15-24(16-12-20)32-26(29-30-27(32)35-19-22-9-7-6-8-10-22)21(2)31-36(33,34)25-17-13-23(14-18-25)28(3,4)5/h6-18,21,31H,19H2,1-5H3. The van der Waals surface area contributed by atoms with Crippen molar-refractivity contribution >= 4 is 21.8 Å². The topological polar surface area (TPSA) is 76.9 Å². The third-order valence-corrected chi connectivity index (χ3v) is 8.47. The minimum absolute atomic E-state index is 0.0543. The minimum atomic E-state index is -3.76. The zero-order valence-electron chi connectivity index (χ0n) is 21.3. The first kappa shape index (κ1) is 26.1. The first-order chi connectivity index (χ1) is 17.0. The van der Waals surface area contributed by atoms with Crippen LogP contribution in [0.2, 0.25) is 0 Å². The molecule has 36 heavy (non-hydrogen) atoms. The summed E-state index contributed by atoms with van der Waals surface area (Å²) in [6.07, 6.45) is 0. The van der Waals surface area contributed by atoms with E-state index in [9.17, 15) is 8.42 Å². The smallest absolute Gasteiger partial charge is 0.241 e. The van der Waals surface area contributed by atoms with E-state index in [1.54, 1.807) is 30.8 Å². The van der Waals surface area contributed by atoms with Crippen LogP contribution in [-0.2, 0) is 21.2 Å². The Labute approximate surface area is 218 Å². The molecule has 0 bridgehead atoms. The Balaban J connectivity index is 1.63. The molecule has 0 spiro atoms. The molecule has 8 heteroatoms. The highest BCUT2D eigenvalue weighted by atomic mass is 32.2. The maximum Gasteiger partial charge on any atom is 0.241 e. The van der Waals surface area contributed by atoms with Crippen molar-refractivity contribution in [1.82, 2.24) is 19.5 Å². The fourth-order valence-corrected chi connectivity index (χ4v) is 5.92. The van der Waals surface area contributed by atoms with E-state index in [0.29, 0.717) is 11.0 Å². The van der Waals surface area contributed by atoms with Crippen molar-refractivity contribution in [2.45, 2.75) is 61.9 Å². The quantitative estimate of drug-likeness (QED) is 0.280. The lowest BCUT2D eigenvalue weighted by molar-refractivity contribution is 0.555. The summed E-state index contributed by atoms with van der Waals surface area (Å²) >= 11 is 1.57. The molecule has 1 atom stereocenters. The van der Waals surface area contributed by atoms with Gasteiger partial charge in [0.05, 0.1) is 10.9 Å². The third-order valence-electron chi connectivity index (χ3n) is 5.91. The van der Waals surface area contributed by atoms with Crippen molar-refractivity contribution in [2.75, 3.05) is 0 Å². The van der Waals surface area contributed by atoms with Gasteiger partial charge in [0.15, 0.2) is 11.0 Å². The van der Waals surface area contributed by atoms with E-state index < -0.39 is 16.1 Å². The van der Waals surface area contributed by atoms with Crippen molar-refractivity contribution in [3.8, 4) is 5.69 Å². The average molecular weight is 521 g/mol. The number of rotatable bonds is 8. The van der Waals surface area contributed by atoms with Gasteiger partial charge in [0.1, 0.15) is 0 Å². The fourth-order valence-electron chi connectivity index (χ4n) is 3.80. The molecule has 6 nitrogen and oxygen atoms in total. The molecule has 0 amide bonds. The molecule has 1 aromatic heterocycles. The fraction of sp³-hybridized carbons (Fsp3) is 0.286. The van der Waals surface area contributed by atoms with Crippen LogP contribution >= 0.6 is 11.8 Å². The molecule has 0 saturated carbocycles. The Hall–Kier alpha value is -2.94.